The second-order valence-electron chi connectivity index (χ2n) is 8.63. The first kappa shape index (κ1) is 21.4. The van der Waals surface area contributed by atoms with Crippen LogP contribution in [-0.4, -0.2) is 70.3 Å². The minimum Gasteiger partial charge on any atom is -0.388 e. The molecule has 0 bridgehead atoms. The number of nitrogen functional groups attached to an aromatic ring is 1. The van der Waals surface area contributed by atoms with Gasteiger partial charge in [0.05, 0.1) is 21.9 Å². The minimum absolute atomic E-state index is 0.188. The number of hydrogen-bond donors (Lipinski definition) is 3. The molecule has 4 heterocycles. The lowest BCUT2D eigenvalue weighted by Crippen LogP contribution is -2.49. The quantitative estimate of drug-likeness (QED) is 0.662. The molecule has 0 unspecified atom stereocenters. The van der Waals surface area contributed by atoms with Gasteiger partial charge in [-0.15, -0.1) is 0 Å². The van der Waals surface area contributed by atoms with E-state index in [-0.39, 0.29) is 5.91 Å². The van der Waals surface area contributed by atoms with E-state index in [0.717, 1.165) is 31.6 Å². The topological polar surface area (TPSA) is 105 Å². The van der Waals surface area contributed by atoms with Gasteiger partial charge in [0.1, 0.15) is 5.82 Å². The van der Waals surface area contributed by atoms with Crippen LogP contribution in [0.15, 0.2) is 12.3 Å². The van der Waals surface area contributed by atoms with Gasteiger partial charge in [-0.1, -0.05) is 11.6 Å². The molecule has 0 aromatic carbocycles. The average molecular weight is 436 g/mol. The molecule has 30 heavy (non-hydrogen) atoms. The Balaban J connectivity index is 1.31. The maximum atomic E-state index is 12.8. The molecule has 9 heteroatoms. The number of pyridine rings is 1. The van der Waals surface area contributed by atoms with Crippen LogP contribution in [0.3, 0.4) is 0 Å². The van der Waals surface area contributed by atoms with Crippen molar-refractivity contribution in [2.75, 3.05) is 45.1 Å². The van der Waals surface area contributed by atoms with E-state index in [0.29, 0.717) is 67.1 Å². The lowest BCUT2D eigenvalue weighted by Gasteiger charge is -2.39. The number of aromatic nitrogens is 2. The number of carbonyl (C=O) groups is 1. The van der Waals surface area contributed by atoms with Gasteiger partial charge in [0.25, 0.3) is 5.91 Å². The number of halogens is 1. The number of fused-ring (bicyclic) bond motifs is 1. The van der Waals surface area contributed by atoms with Gasteiger partial charge in [-0.3, -0.25) is 9.20 Å². The van der Waals surface area contributed by atoms with Gasteiger partial charge in [0.2, 0.25) is 0 Å². The van der Waals surface area contributed by atoms with Crippen LogP contribution < -0.4 is 11.1 Å². The number of ether oxygens (including phenoxy) is 1. The second kappa shape index (κ2) is 8.70. The number of likely N-dealkylation sites (tertiary alicyclic amines) is 1. The van der Waals surface area contributed by atoms with E-state index < -0.39 is 5.60 Å². The molecular weight excluding hydrogens is 406 g/mol. The number of piperidine rings is 1. The molecule has 164 valence electrons. The van der Waals surface area contributed by atoms with E-state index in [1.807, 2.05) is 6.92 Å². The van der Waals surface area contributed by atoms with Crippen LogP contribution >= 0.6 is 11.6 Å². The summed E-state index contributed by atoms with van der Waals surface area (Å²) in [7, 11) is 0. The number of carbonyl (C=O) groups excluding carboxylic acids is 1. The van der Waals surface area contributed by atoms with Gasteiger partial charge >= 0.3 is 0 Å². The number of imidazole rings is 1. The van der Waals surface area contributed by atoms with Crippen molar-refractivity contribution in [2.24, 2.45) is 5.92 Å². The number of β-amino-alcohol motifs (C(OH)–C–C–N with tert-alkyl or cyclic N) is 1. The molecule has 0 radical (unpaired) electrons. The fourth-order valence-electron chi connectivity index (χ4n) is 4.43. The van der Waals surface area contributed by atoms with E-state index in [4.69, 9.17) is 22.1 Å². The number of hydrogen-bond acceptors (Lipinski definition) is 6. The molecular formula is C21H30ClN5O3. The fourth-order valence-corrected chi connectivity index (χ4v) is 4.63. The number of anilines is 1. The van der Waals surface area contributed by atoms with E-state index in [2.05, 4.69) is 15.2 Å². The molecule has 4 N–H and O–H groups in total. The van der Waals surface area contributed by atoms with Crippen LogP contribution in [0.1, 0.15) is 41.7 Å². The van der Waals surface area contributed by atoms with Crippen LogP contribution in [0, 0.1) is 12.8 Å². The predicted molar refractivity (Wildman–Crippen MR) is 116 cm³/mol. The van der Waals surface area contributed by atoms with Crippen molar-refractivity contribution in [3.05, 3.63) is 28.5 Å². The smallest absolute Gasteiger partial charge is 0.255 e. The van der Waals surface area contributed by atoms with Crippen molar-refractivity contribution < 1.29 is 14.6 Å². The highest BCUT2D eigenvalue weighted by Crippen LogP contribution is 2.26. The van der Waals surface area contributed by atoms with Gasteiger partial charge in [-0.05, 0) is 44.8 Å². The van der Waals surface area contributed by atoms with Gasteiger partial charge in [0, 0.05) is 45.3 Å². The van der Waals surface area contributed by atoms with Crippen molar-refractivity contribution in [3.8, 4) is 0 Å². The number of aryl methyl sites for hydroxylation is 1. The summed E-state index contributed by atoms with van der Waals surface area (Å²) in [5, 5.41) is 14.1. The summed E-state index contributed by atoms with van der Waals surface area (Å²) in [5.74, 6) is 0.602. The summed E-state index contributed by atoms with van der Waals surface area (Å²) in [6.07, 6.45) is 5.17. The van der Waals surface area contributed by atoms with Crippen molar-refractivity contribution in [2.45, 2.75) is 38.2 Å². The Labute approximate surface area is 181 Å². The molecule has 2 aromatic heterocycles. The first-order valence-electron chi connectivity index (χ1n) is 10.6. The van der Waals surface area contributed by atoms with Crippen LogP contribution in [0.2, 0.25) is 5.02 Å². The highest BCUT2D eigenvalue weighted by Gasteiger charge is 2.33. The summed E-state index contributed by atoms with van der Waals surface area (Å²) in [4.78, 5) is 19.6. The minimum atomic E-state index is -0.624. The highest BCUT2D eigenvalue weighted by atomic mass is 35.5. The monoisotopic (exact) mass is 435 g/mol. The van der Waals surface area contributed by atoms with Gasteiger partial charge in [-0.25, -0.2) is 4.98 Å². The second-order valence-corrected chi connectivity index (χ2v) is 9.04. The van der Waals surface area contributed by atoms with Gasteiger partial charge < -0.3 is 25.8 Å². The number of rotatable bonds is 5. The lowest BCUT2D eigenvalue weighted by atomic mass is 9.91. The lowest BCUT2D eigenvalue weighted by molar-refractivity contribution is -0.0829. The zero-order valence-corrected chi connectivity index (χ0v) is 18.1. The number of nitrogens with zero attached hydrogens (tertiary/aromatic N) is 3. The first-order chi connectivity index (χ1) is 14.3. The molecule has 8 nitrogen and oxygen atoms in total. The molecule has 2 fully saturated rings. The third-order valence-electron chi connectivity index (χ3n) is 6.29. The first-order valence-corrected chi connectivity index (χ1v) is 11.0. The Kier molecular flexibility index (Phi) is 6.20. The Morgan fingerprint density at radius 2 is 2.10 bits per heavy atom. The van der Waals surface area contributed by atoms with Crippen LogP contribution in [0.4, 0.5) is 5.82 Å². The molecule has 1 amide bonds. The van der Waals surface area contributed by atoms with Crippen LogP contribution in [0.5, 0.6) is 0 Å². The van der Waals surface area contributed by atoms with Crippen molar-refractivity contribution >= 4 is 29.0 Å². The predicted octanol–water partition coefficient (Wildman–Crippen LogP) is 1.86. The molecule has 2 saturated heterocycles. The van der Waals surface area contributed by atoms with Gasteiger partial charge in [0.15, 0.2) is 5.65 Å². The normalized spacial score (nSPS) is 20.5. The summed E-state index contributed by atoms with van der Waals surface area (Å²) in [5.41, 5.74) is 7.11. The summed E-state index contributed by atoms with van der Waals surface area (Å²) in [6.45, 7) is 6.30. The maximum Gasteiger partial charge on any atom is 0.255 e. The third kappa shape index (κ3) is 4.56. The van der Waals surface area contributed by atoms with Gasteiger partial charge in [-0.2, -0.15) is 0 Å². The number of nitrogens with two attached hydrogens (primary N) is 1. The molecule has 2 aromatic rings. The Morgan fingerprint density at radius 1 is 1.40 bits per heavy atom. The Bertz CT molecular complexity index is 917. The number of aliphatic hydroxyl groups is 1. The molecule has 0 saturated carbocycles. The maximum absolute atomic E-state index is 12.8. The van der Waals surface area contributed by atoms with E-state index in [1.54, 1.807) is 16.7 Å². The van der Waals surface area contributed by atoms with E-state index >= 15 is 0 Å². The van der Waals surface area contributed by atoms with Crippen LogP contribution in [-0.2, 0) is 4.74 Å². The fraction of sp³-hybridized carbons (Fsp3) is 0.619. The standard InChI is InChI=1S/C21H30ClN5O3/c1-14-12-27-18(23)17(22)10-16(19(27)25-14)20(28)24-11-15-2-6-26(7-3-15)13-21(29)4-8-30-9-5-21/h10,12,15,29H,2-9,11,13,23H2,1H3,(H,24,28). The molecule has 0 atom stereocenters. The summed E-state index contributed by atoms with van der Waals surface area (Å²) < 4.78 is 7.02. The largest absolute Gasteiger partial charge is 0.388 e. The molecule has 0 spiro atoms. The molecule has 0 aliphatic carbocycles. The number of nitrogens with one attached hydrogen (secondary N) is 1. The molecule has 2 aliphatic heterocycles. The number of amides is 1. The molecule has 4 rings (SSSR count). The van der Waals surface area contributed by atoms with Crippen molar-refractivity contribution in [3.63, 3.8) is 0 Å². The summed E-state index contributed by atoms with van der Waals surface area (Å²) in [6, 6.07) is 1.59. The third-order valence-corrected chi connectivity index (χ3v) is 6.59. The van der Waals surface area contributed by atoms with E-state index in [9.17, 15) is 9.90 Å². The Morgan fingerprint density at radius 3 is 2.80 bits per heavy atom. The zero-order valence-electron chi connectivity index (χ0n) is 17.4. The molecule has 2 aliphatic rings. The SMILES string of the molecule is Cc1cn2c(N)c(Cl)cc(C(=O)NCC3CCN(CC4(O)CCOCC4)CC3)c2n1. The van der Waals surface area contributed by atoms with Crippen molar-refractivity contribution in [1.29, 1.82) is 0 Å². The zero-order chi connectivity index (χ0) is 21.3. The highest BCUT2D eigenvalue weighted by molar-refractivity contribution is 6.33. The Hall–Kier alpha value is -1.87. The van der Waals surface area contributed by atoms with Crippen LogP contribution in [0.25, 0.3) is 5.65 Å². The van der Waals surface area contributed by atoms with E-state index in [1.165, 1.54) is 0 Å². The van der Waals surface area contributed by atoms with Crippen molar-refractivity contribution in [1.82, 2.24) is 19.6 Å². The average Bonchev–Trinajstić information content (AvgIpc) is 3.12. The summed E-state index contributed by atoms with van der Waals surface area (Å²) >= 11 is 6.21.